The van der Waals surface area contributed by atoms with Gasteiger partial charge in [0, 0.05) is 16.1 Å². The summed E-state index contributed by atoms with van der Waals surface area (Å²) in [6, 6.07) is 12.0. The first-order chi connectivity index (χ1) is 17.2. The van der Waals surface area contributed by atoms with E-state index in [1.165, 1.54) is 16.6 Å². The standard InChI is InChI=1S/C28H32N4O2S2/c1-6-28(3,4)19-9-12-21-22(15-29)26(36-24(21)14-19)32-25(33)16-35-27-30-17(2)13-23(31-27)18-7-10-20(34-5)11-8-18/h7-8,10-11,13,19H,6,9,12,14,16H2,1-5H3,(H,32,33)/t19-/m0/s1. The van der Waals surface area contributed by atoms with Crippen molar-refractivity contribution in [3.05, 3.63) is 52.0 Å². The van der Waals surface area contributed by atoms with Crippen molar-refractivity contribution in [3.8, 4) is 23.1 Å². The summed E-state index contributed by atoms with van der Waals surface area (Å²) in [4.78, 5) is 23.2. The summed E-state index contributed by atoms with van der Waals surface area (Å²) in [6.07, 6.45) is 4.10. The molecule has 1 aromatic carbocycles. The molecule has 36 heavy (non-hydrogen) atoms. The predicted molar refractivity (Wildman–Crippen MR) is 147 cm³/mol. The number of nitrogens with one attached hydrogen (secondary N) is 1. The number of aromatic nitrogens is 2. The number of hydrogen-bond donors (Lipinski definition) is 1. The number of nitrogens with zero attached hydrogens (tertiary/aromatic N) is 3. The molecule has 2 aromatic heterocycles. The highest BCUT2D eigenvalue weighted by Gasteiger charge is 2.34. The summed E-state index contributed by atoms with van der Waals surface area (Å²) in [5.41, 5.74) is 4.62. The third-order valence-electron chi connectivity index (χ3n) is 7.20. The van der Waals surface area contributed by atoms with E-state index in [0.29, 0.717) is 21.6 Å². The minimum Gasteiger partial charge on any atom is -0.497 e. The van der Waals surface area contributed by atoms with Crippen molar-refractivity contribution in [2.75, 3.05) is 18.2 Å². The number of nitriles is 1. The van der Waals surface area contributed by atoms with Crippen LogP contribution in [0.15, 0.2) is 35.5 Å². The van der Waals surface area contributed by atoms with Gasteiger partial charge in [0.2, 0.25) is 5.91 Å². The number of carbonyl (C=O) groups excluding carboxylic acids is 1. The van der Waals surface area contributed by atoms with Crippen molar-refractivity contribution in [2.45, 2.75) is 58.5 Å². The monoisotopic (exact) mass is 520 g/mol. The summed E-state index contributed by atoms with van der Waals surface area (Å²) in [6.45, 7) is 8.82. The summed E-state index contributed by atoms with van der Waals surface area (Å²) in [5, 5.41) is 14.0. The van der Waals surface area contributed by atoms with Gasteiger partial charge in [0.25, 0.3) is 0 Å². The third-order valence-corrected chi connectivity index (χ3v) is 9.22. The molecule has 0 aliphatic heterocycles. The number of thioether (sulfide) groups is 1. The molecule has 0 unspecified atom stereocenters. The SMILES string of the molecule is CCC(C)(C)[C@H]1CCc2c(sc(NC(=O)CSc3nc(C)cc(-c4ccc(OC)cc4)n3)c2C#N)C1. The maximum atomic E-state index is 12.8. The number of carbonyl (C=O) groups is 1. The zero-order valence-corrected chi connectivity index (χ0v) is 23.1. The van der Waals surface area contributed by atoms with E-state index >= 15 is 0 Å². The van der Waals surface area contributed by atoms with Gasteiger partial charge in [-0.1, -0.05) is 39.0 Å². The zero-order valence-electron chi connectivity index (χ0n) is 21.5. The molecule has 0 fully saturated rings. The maximum Gasteiger partial charge on any atom is 0.235 e. The fraction of sp³-hybridized carbons (Fsp3) is 0.429. The van der Waals surface area contributed by atoms with Crippen LogP contribution in [-0.4, -0.2) is 28.7 Å². The molecule has 1 atom stereocenters. The summed E-state index contributed by atoms with van der Waals surface area (Å²) in [7, 11) is 1.64. The van der Waals surface area contributed by atoms with E-state index in [4.69, 9.17) is 4.74 Å². The Balaban J connectivity index is 1.44. The molecule has 0 spiro atoms. The van der Waals surface area contributed by atoms with Gasteiger partial charge in [0.05, 0.1) is 24.1 Å². The lowest BCUT2D eigenvalue weighted by Crippen LogP contribution is -2.28. The van der Waals surface area contributed by atoms with Crippen LogP contribution in [0.2, 0.25) is 0 Å². The molecular weight excluding hydrogens is 488 g/mol. The van der Waals surface area contributed by atoms with Gasteiger partial charge in [-0.3, -0.25) is 4.79 Å². The Labute approximate surface area is 221 Å². The fourth-order valence-corrected chi connectivity index (χ4v) is 6.55. The molecule has 188 valence electrons. The van der Waals surface area contributed by atoms with Gasteiger partial charge in [-0.25, -0.2) is 9.97 Å². The topological polar surface area (TPSA) is 87.9 Å². The van der Waals surface area contributed by atoms with Gasteiger partial charge in [0.15, 0.2) is 5.16 Å². The van der Waals surface area contributed by atoms with Crippen molar-refractivity contribution in [2.24, 2.45) is 11.3 Å². The molecule has 0 saturated carbocycles. The second-order valence-corrected chi connectivity index (χ2v) is 11.9. The Kier molecular flexibility index (Phi) is 8.01. The molecule has 3 aromatic rings. The summed E-state index contributed by atoms with van der Waals surface area (Å²) in [5.74, 6) is 1.39. The van der Waals surface area contributed by atoms with E-state index in [-0.39, 0.29) is 17.1 Å². The van der Waals surface area contributed by atoms with Gasteiger partial charge >= 0.3 is 0 Å². The Bertz CT molecular complexity index is 1290. The van der Waals surface area contributed by atoms with Gasteiger partial charge in [-0.15, -0.1) is 11.3 Å². The molecule has 1 amide bonds. The minimum atomic E-state index is -0.156. The highest BCUT2D eigenvalue weighted by Crippen LogP contribution is 2.45. The molecule has 6 nitrogen and oxygen atoms in total. The Morgan fingerprint density at radius 3 is 2.72 bits per heavy atom. The zero-order chi connectivity index (χ0) is 25.9. The van der Waals surface area contributed by atoms with Crippen LogP contribution in [0.25, 0.3) is 11.3 Å². The number of fused-ring (bicyclic) bond motifs is 1. The van der Waals surface area contributed by atoms with Crippen molar-refractivity contribution >= 4 is 34.0 Å². The normalized spacial score (nSPS) is 15.2. The first-order valence-electron chi connectivity index (χ1n) is 12.2. The number of ether oxygens (including phenoxy) is 1. The second-order valence-electron chi connectivity index (χ2n) is 9.84. The lowest BCUT2D eigenvalue weighted by molar-refractivity contribution is -0.113. The smallest absolute Gasteiger partial charge is 0.235 e. The lowest BCUT2D eigenvalue weighted by Gasteiger charge is -2.36. The number of aryl methyl sites for hydroxylation is 1. The highest BCUT2D eigenvalue weighted by molar-refractivity contribution is 7.99. The molecule has 8 heteroatoms. The van der Waals surface area contributed by atoms with E-state index in [2.05, 4.69) is 42.1 Å². The van der Waals surface area contributed by atoms with E-state index < -0.39 is 0 Å². The van der Waals surface area contributed by atoms with Gasteiger partial charge in [0.1, 0.15) is 16.8 Å². The van der Waals surface area contributed by atoms with Gasteiger partial charge < -0.3 is 10.1 Å². The van der Waals surface area contributed by atoms with Crippen LogP contribution >= 0.6 is 23.1 Å². The quantitative estimate of drug-likeness (QED) is 0.264. The molecule has 0 bridgehead atoms. The highest BCUT2D eigenvalue weighted by atomic mass is 32.2. The molecule has 0 radical (unpaired) electrons. The number of benzene rings is 1. The van der Waals surface area contributed by atoms with E-state index in [1.54, 1.807) is 18.4 Å². The van der Waals surface area contributed by atoms with E-state index in [1.807, 2.05) is 37.3 Å². The number of thiophene rings is 1. The molecule has 1 aliphatic carbocycles. The molecular formula is C28H32N4O2S2. The molecule has 4 rings (SSSR count). The van der Waals surface area contributed by atoms with E-state index in [0.717, 1.165) is 53.9 Å². The van der Waals surface area contributed by atoms with Crippen molar-refractivity contribution < 1.29 is 9.53 Å². The predicted octanol–water partition coefficient (Wildman–Crippen LogP) is 6.67. The van der Waals surface area contributed by atoms with E-state index in [9.17, 15) is 10.1 Å². The van der Waals surface area contributed by atoms with Crippen LogP contribution in [0.1, 0.15) is 55.3 Å². The molecule has 1 N–H and O–H groups in total. The number of methoxy groups -OCH3 is 1. The summed E-state index contributed by atoms with van der Waals surface area (Å²) >= 11 is 2.86. The number of anilines is 1. The van der Waals surface area contributed by atoms with Crippen LogP contribution < -0.4 is 10.1 Å². The largest absolute Gasteiger partial charge is 0.497 e. The number of hydrogen-bond acceptors (Lipinski definition) is 7. The average molecular weight is 521 g/mol. The van der Waals surface area contributed by atoms with Crippen LogP contribution in [0, 0.1) is 29.6 Å². The number of amides is 1. The Hall–Kier alpha value is -2.89. The van der Waals surface area contributed by atoms with Crippen molar-refractivity contribution in [3.63, 3.8) is 0 Å². The molecule has 1 aliphatic rings. The van der Waals surface area contributed by atoms with Crippen LogP contribution in [0.4, 0.5) is 5.00 Å². The second kappa shape index (κ2) is 11.0. The minimum absolute atomic E-state index is 0.156. The molecule has 2 heterocycles. The number of rotatable bonds is 8. The molecule has 0 saturated heterocycles. The Morgan fingerprint density at radius 1 is 1.31 bits per heavy atom. The first kappa shape index (κ1) is 26.2. The summed E-state index contributed by atoms with van der Waals surface area (Å²) < 4.78 is 5.23. The lowest BCUT2D eigenvalue weighted by atomic mass is 9.69. The van der Waals surface area contributed by atoms with Crippen molar-refractivity contribution in [1.82, 2.24) is 9.97 Å². The average Bonchev–Trinajstić information content (AvgIpc) is 3.23. The van der Waals surface area contributed by atoms with Crippen LogP contribution in [0.5, 0.6) is 5.75 Å². The van der Waals surface area contributed by atoms with Gasteiger partial charge in [-0.2, -0.15) is 5.26 Å². The Morgan fingerprint density at radius 2 is 2.06 bits per heavy atom. The van der Waals surface area contributed by atoms with Gasteiger partial charge in [-0.05, 0) is 73.4 Å². The fourth-order valence-electron chi connectivity index (χ4n) is 4.56. The third kappa shape index (κ3) is 5.74. The van der Waals surface area contributed by atoms with Crippen molar-refractivity contribution in [1.29, 1.82) is 5.26 Å². The van der Waals surface area contributed by atoms with Crippen LogP contribution in [0.3, 0.4) is 0 Å². The first-order valence-corrected chi connectivity index (χ1v) is 14.0. The maximum absolute atomic E-state index is 12.8. The van der Waals surface area contributed by atoms with Crippen LogP contribution in [-0.2, 0) is 17.6 Å².